The number of likely N-dealkylation sites (N-methyl/N-ethyl adjacent to an activating group) is 2. The molecule has 0 N–H and O–H groups in total. The zero-order valence-electron chi connectivity index (χ0n) is 14.0. The molecule has 21 heavy (non-hydrogen) atoms. The number of anilines is 1. The van der Waals surface area contributed by atoms with Crippen molar-refractivity contribution in [3.63, 3.8) is 0 Å². The van der Waals surface area contributed by atoms with Gasteiger partial charge in [0.1, 0.15) is 16.8 Å². The minimum absolute atomic E-state index is 0.0308. The van der Waals surface area contributed by atoms with Gasteiger partial charge in [-0.15, -0.1) is 0 Å². The van der Waals surface area contributed by atoms with Crippen LogP contribution in [0.15, 0.2) is 0 Å². The first kappa shape index (κ1) is 17.7. The molecule has 0 radical (unpaired) electrons. The molecule has 0 fully saturated rings. The Balaban J connectivity index is 3.26. The summed E-state index contributed by atoms with van der Waals surface area (Å²) in [5, 5.41) is 0.445. The van der Waals surface area contributed by atoms with E-state index in [1.54, 1.807) is 19.0 Å². The smallest absolute Gasteiger partial charge is 0.241 e. The van der Waals surface area contributed by atoms with Gasteiger partial charge in [-0.25, -0.2) is 9.97 Å². The van der Waals surface area contributed by atoms with Crippen molar-refractivity contribution in [1.82, 2.24) is 14.9 Å². The monoisotopic (exact) mass is 312 g/mol. The molecule has 1 aromatic rings. The lowest BCUT2D eigenvalue weighted by atomic mass is 9.95. The summed E-state index contributed by atoms with van der Waals surface area (Å²) in [6, 6.07) is 0. The molecule has 1 rings (SSSR count). The van der Waals surface area contributed by atoms with Crippen LogP contribution in [0.4, 0.5) is 5.82 Å². The van der Waals surface area contributed by atoms with Crippen LogP contribution in [0.25, 0.3) is 0 Å². The number of nitrogens with zero attached hydrogens (tertiary/aromatic N) is 4. The summed E-state index contributed by atoms with van der Waals surface area (Å²) < 4.78 is 0. The SMILES string of the molecule is CCN(CC(=O)N(C)C)c1nc(C(C)(C)C)nc(Cl)c1C. The van der Waals surface area contributed by atoms with Gasteiger partial charge in [-0.05, 0) is 13.8 Å². The fraction of sp³-hybridized carbons (Fsp3) is 0.667. The van der Waals surface area contributed by atoms with Gasteiger partial charge in [0.05, 0.1) is 6.54 Å². The molecule has 0 aromatic carbocycles. The zero-order chi connectivity index (χ0) is 16.4. The Bertz CT molecular complexity index is 523. The lowest BCUT2D eigenvalue weighted by Gasteiger charge is -2.27. The van der Waals surface area contributed by atoms with E-state index in [0.717, 1.165) is 11.4 Å². The molecule has 0 aliphatic carbocycles. The van der Waals surface area contributed by atoms with Gasteiger partial charge in [0.15, 0.2) is 0 Å². The summed E-state index contributed by atoms with van der Waals surface area (Å²) >= 11 is 6.25. The van der Waals surface area contributed by atoms with E-state index in [1.807, 2.05) is 39.5 Å². The van der Waals surface area contributed by atoms with Crippen molar-refractivity contribution in [2.75, 3.05) is 32.1 Å². The summed E-state index contributed by atoms with van der Waals surface area (Å²) in [5.41, 5.74) is 0.606. The molecule has 6 heteroatoms. The Kier molecular flexibility index (Phi) is 5.56. The number of amides is 1. The van der Waals surface area contributed by atoms with Crippen molar-refractivity contribution in [1.29, 1.82) is 0 Å². The van der Waals surface area contributed by atoms with Gasteiger partial charge in [0.25, 0.3) is 0 Å². The maximum atomic E-state index is 12.0. The molecule has 0 unspecified atom stereocenters. The normalized spacial score (nSPS) is 11.4. The van der Waals surface area contributed by atoms with E-state index in [9.17, 15) is 4.79 Å². The van der Waals surface area contributed by atoms with Crippen molar-refractivity contribution >= 4 is 23.3 Å². The summed E-state index contributed by atoms with van der Waals surface area (Å²) in [6.45, 7) is 11.0. The van der Waals surface area contributed by atoms with Crippen LogP contribution < -0.4 is 4.90 Å². The summed E-state index contributed by atoms with van der Waals surface area (Å²) in [6.07, 6.45) is 0. The molecule has 118 valence electrons. The second-order valence-corrected chi connectivity index (χ2v) is 6.70. The molecule has 0 aliphatic heterocycles. The van der Waals surface area contributed by atoms with Crippen LogP contribution in [-0.2, 0) is 10.2 Å². The number of hydrogen-bond acceptors (Lipinski definition) is 4. The van der Waals surface area contributed by atoms with Gasteiger partial charge in [-0.2, -0.15) is 0 Å². The molecule has 0 aliphatic rings. The van der Waals surface area contributed by atoms with Crippen LogP contribution in [0.1, 0.15) is 39.1 Å². The third kappa shape index (κ3) is 4.30. The first-order valence-corrected chi connectivity index (χ1v) is 7.45. The molecule has 0 bridgehead atoms. The summed E-state index contributed by atoms with van der Waals surface area (Å²) in [5.74, 6) is 1.45. The molecule has 0 saturated heterocycles. The molecule has 1 amide bonds. The van der Waals surface area contributed by atoms with Crippen LogP contribution in [-0.4, -0.2) is 48.0 Å². The highest BCUT2D eigenvalue weighted by molar-refractivity contribution is 6.30. The molecular weight excluding hydrogens is 288 g/mol. The predicted molar refractivity (Wildman–Crippen MR) is 87.1 cm³/mol. The van der Waals surface area contributed by atoms with Crippen LogP contribution in [0.3, 0.4) is 0 Å². The van der Waals surface area contributed by atoms with E-state index >= 15 is 0 Å². The Morgan fingerprint density at radius 3 is 2.24 bits per heavy atom. The number of carbonyl (C=O) groups is 1. The minimum Gasteiger partial charge on any atom is -0.347 e. The average molecular weight is 313 g/mol. The number of hydrogen-bond donors (Lipinski definition) is 0. The number of aromatic nitrogens is 2. The van der Waals surface area contributed by atoms with Crippen molar-refractivity contribution < 1.29 is 4.79 Å². The Morgan fingerprint density at radius 1 is 1.24 bits per heavy atom. The fourth-order valence-corrected chi connectivity index (χ4v) is 1.93. The highest BCUT2D eigenvalue weighted by Crippen LogP contribution is 2.28. The van der Waals surface area contributed by atoms with Gasteiger partial charge < -0.3 is 9.80 Å². The average Bonchev–Trinajstić information content (AvgIpc) is 2.37. The van der Waals surface area contributed by atoms with Gasteiger partial charge in [-0.1, -0.05) is 32.4 Å². The maximum absolute atomic E-state index is 12.0. The highest BCUT2D eigenvalue weighted by Gasteiger charge is 2.23. The second-order valence-electron chi connectivity index (χ2n) is 6.34. The van der Waals surface area contributed by atoms with Gasteiger partial charge in [0, 0.05) is 31.6 Å². The third-order valence-corrected chi connectivity index (χ3v) is 3.61. The number of rotatable bonds is 4. The fourth-order valence-electron chi connectivity index (χ4n) is 1.76. The van der Waals surface area contributed by atoms with E-state index in [4.69, 9.17) is 11.6 Å². The van der Waals surface area contributed by atoms with Crippen LogP contribution in [0.5, 0.6) is 0 Å². The van der Waals surface area contributed by atoms with Crippen molar-refractivity contribution in [2.24, 2.45) is 0 Å². The van der Waals surface area contributed by atoms with E-state index < -0.39 is 0 Å². The molecule has 0 atom stereocenters. The molecule has 1 aromatic heterocycles. The maximum Gasteiger partial charge on any atom is 0.241 e. The van der Waals surface area contributed by atoms with Crippen molar-refractivity contribution in [3.05, 3.63) is 16.5 Å². The van der Waals surface area contributed by atoms with Gasteiger partial charge >= 0.3 is 0 Å². The molecule has 0 spiro atoms. The van der Waals surface area contributed by atoms with E-state index in [2.05, 4.69) is 9.97 Å². The summed E-state index contributed by atoms with van der Waals surface area (Å²) in [4.78, 5) is 24.5. The van der Waals surface area contributed by atoms with E-state index in [-0.39, 0.29) is 17.9 Å². The van der Waals surface area contributed by atoms with E-state index in [0.29, 0.717) is 17.5 Å². The van der Waals surface area contributed by atoms with Gasteiger partial charge in [0.2, 0.25) is 5.91 Å². The Hall–Kier alpha value is -1.36. The standard InChI is InChI=1S/C15H25ClN4O/c1-8-20(9-11(21)19(6)7)13-10(2)12(16)17-14(18-13)15(3,4)5/h8-9H2,1-7H3. The quantitative estimate of drug-likeness (QED) is 0.802. The highest BCUT2D eigenvalue weighted by atomic mass is 35.5. The van der Waals surface area contributed by atoms with Crippen LogP contribution in [0.2, 0.25) is 5.15 Å². The molecule has 5 nitrogen and oxygen atoms in total. The third-order valence-electron chi connectivity index (χ3n) is 3.24. The molecular formula is C15H25ClN4O. The Labute approximate surface area is 132 Å². The van der Waals surface area contributed by atoms with Gasteiger partial charge in [-0.3, -0.25) is 4.79 Å². The first-order chi connectivity index (χ1) is 9.57. The zero-order valence-corrected chi connectivity index (χ0v) is 14.7. The van der Waals surface area contributed by atoms with E-state index in [1.165, 1.54) is 0 Å². The second kappa shape index (κ2) is 6.60. The Morgan fingerprint density at radius 2 is 1.81 bits per heavy atom. The molecule has 1 heterocycles. The molecule has 0 saturated carbocycles. The lowest BCUT2D eigenvalue weighted by Crippen LogP contribution is -2.37. The van der Waals surface area contributed by atoms with Crippen LogP contribution in [0, 0.1) is 6.92 Å². The topological polar surface area (TPSA) is 49.3 Å². The first-order valence-electron chi connectivity index (χ1n) is 7.07. The summed E-state index contributed by atoms with van der Waals surface area (Å²) in [7, 11) is 3.49. The largest absolute Gasteiger partial charge is 0.347 e. The predicted octanol–water partition coefficient (Wildman–Crippen LogP) is 2.65. The minimum atomic E-state index is -0.197. The van der Waals surface area contributed by atoms with Crippen molar-refractivity contribution in [3.8, 4) is 0 Å². The van der Waals surface area contributed by atoms with Crippen LogP contribution >= 0.6 is 11.6 Å². The lowest BCUT2D eigenvalue weighted by molar-refractivity contribution is -0.127. The number of halogens is 1. The number of carbonyl (C=O) groups excluding carboxylic acids is 1. The van der Waals surface area contributed by atoms with Crippen molar-refractivity contribution in [2.45, 2.75) is 40.0 Å².